The Balaban J connectivity index is 1.89. The minimum absolute atomic E-state index is 0.117. The number of benzene rings is 1. The average molecular weight is 591 g/mol. The first kappa shape index (κ1) is 31.1. The van der Waals surface area contributed by atoms with E-state index in [0.717, 1.165) is 12.8 Å². The van der Waals surface area contributed by atoms with Gasteiger partial charge in [-0.05, 0) is 57.7 Å². The minimum Gasteiger partial charge on any atom is -0.495 e. The van der Waals surface area contributed by atoms with Gasteiger partial charge in [0.05, 0.1) is 29.4 Å². The van der Waals surface area contributed by atoms with Crippen LogP contribution in [0.5, 0.6) is 11.6 Å². The van der Waals surface area contributed by atoms with Crippen LogP contribution in [-0.4, -0.2) is 73.5 Å². The van der Waals surface area contributed by atoms with E-state index in [1.54, 1.807) is 0 Å². The van der Waals surface area contributed by atoms with Crippen molar-refractivity contribution in [3.05, 3.63) is 34.5 Å². The van der Waals surface area contributed by atoms with Gasteiger partial charge < -0.3 is 25.0 Å². The monoisotopic (exact) mass is 590 g/mol. The summed E-state index contributed by atoms with van der Waals surface area (Å²) in [4.78, 5) is 22.5. The van der Waals surface area contributed by atoms with Gasteiger partial charge in [0.15, 0.2) is 0 Å². The van der Waals surface area contributed by atoms with Crippen LogP contribution in [0.3, 0.4) is 0 Å². The van der Waals surface area contributed by atoms with E-state index in [1.165, 1.54) is 31.2 Å². The van der Waals surface area contributed by atoms with Crippen LogP contribution in [-0.2, 0) is 6.18 Å². The molecule has 0 spiro atoms. The maximum atomic E-state index is 13.8. The zero-order chi connectivity index (χ0) is 28.7. The number of anilines is 2. The molecule has 39 heavy (non-hydrogen) atoms. The zero-order valence-electron chi connectivity index (χ0n) is 22.5. The number of rotatable bonds is 11. The second kappa shape index (κ2) is 13.7. The Labute approximate surface area is 235 Å². The van der Waals surface area contributed by atoms with Gasteiger partial charge in [0.1, 0.15) is 17.4 Å². The van der Waals surface area contributed by atoms with Crippen molar-refractivity contribution in [2.75, 3.05) is 45.9 Å². The predicted octanol–water partition coefficient (Wildman–Crippen LogP) is 5.00. The molecule has 1 fully saturated rings. The second-order valence-electron chi connectivity index (χ2n) is 9.54. The summed E-state index contributed by atoms with van der Waals surface area (Å²) in [6.07, 6.45) is -0.281. The first-order chi connectivity index (χ1) is 18.4. The number of carbonyl (C=O) groups excluding carboxylic acids is 1. The molecule has 1 aliphatic carbocycles. The molecule has 3 rings (SSSR count). The maximum Gasteiger partial charge on any atom is 0.423 e. The van der Waals surface area contributed by atoms with Crippen molar-refractivity contribution in [2.45, 2.75) is 44.5 Å². The third kappa shape index (κ3) is 8.26. The topological polar surface area (TPSA) is 101 Å². The van der Waals surface area contributed by atoms with Crippen LogP contribution in [0, 0.1) is 5.92 Å². The van der Waals surface area contributed by atoms with Crippen molar-refractivity contribution in [3.63, 3.8) is 0 Å². The Morgan fingerprint density at radius 2 is 2.03 bits per heavy atom. The number of methoxy groups -OCH3 is 1. The number of ether oxygens (including phenoxy) is 2. The number of aromatic nitrogens is 2. The number of carbonyl (C=O) groups is 1. The Kier molecular flexibility index (Phi) is 10.9. The number of hydrogen-bond acceptors (Lipinski definition) is 9. The number of amides is 1. The predicted molar refractivity (Wildman–Crippen MR) is 147 cm³/mol. The molecule has 216 valence electrons. The normalized spacial score (nSPS) is 19.6. The number of nitrogens with zero attached hydrogens (tertiary/aromatic N) is 3. The molecule has 3 atom stereocenters. The van der Waals surface area contributed by atoms with Gasteiger partial charge >= 0.3 is 6.18 Å². The van der Waals surface area contributed by atoms with Crippen LogP contribution >= 0.6 is 23.5 Å². The van der Waals surface area contributed by atoms with E-state index in [9.17, 15) is 18.0 Å². The maximum absolute atomic E-state index is 13.8. The van der Waals surface area contributed by atoms with Gasteiger partial charge in [-0.3, -0.25) is 9.52 Å². The smallest absolute Gasteiger partial charge is 0.423 e. The van der Waals surface area contributed by atoms with Crippen molar-refractivity contribution in [1.29, 1.82) is 0 Å². The second-order valence-corrected chi connectivity index (χ2v) is 10.6. The lowest BCUT2D eigenvalue weighted by atomic mass is 9.84. The van der Waals surface area contributed by atoms with E-state index >= 15 is 0 Å². The van der Waals surface area contributed by atoms with Gasteiger partial charge in [-0.25, -0.2) is 4.98 Å². The van der Waals surface area contributed by atoms with Gasteiger partial charge in [-0.2, -0.15) is 18.2 Å². The molecular weight excluding hydrogens is 557 g/mol. The van der Waals surface area contributed by atoms with Crippen molar-refractivity contribution in [2.24, 2.45) is 5.92 Å². The Bertz CT molecular complexity index is 1140. The third-order valence-electron chi connectivity index (χ3n) is 6.36. The fourth-order valence-electron chi connectivity index (χ4n) is 4.28. The van der Waals surface area contributed by atoms with E-state index in [4.69, 9.17) is 21.1 Å². The summed E-state index contributed by atoms with van der Waals surface area (Å²) in [5.41, 5.74) is -0.607. The highest BCUT2D eigenvalue weighted by molar-refractivity contribution is 7.96. The molecule has 1 aliphatic rings. The van der Waals surface area contributed by atoms with E-state index in [-0.39, 0.29) is 45.8 Å². The van der Waals surface area contributed by atoms with Gasteiger partial charge in [0.2, 0.25) is 11.8 Å². The Morgan fingerprint density at radius 3 is 2.67 bits per heavy atom. The van der Waals surface area contributed by atoms with Gasteiger partial charge in [0.25, 0.3) is 5.91 Å². The summed E-state index contributed by atoms with van der Waals surface area (Å²) >= 11 is 7.78. The van der Waals surface area contributed by atoms with E-state index < -0.39 is 23.7 Å². The number of alkyl halides is 3. The van der Waals surface area contributed by atoms with Crippen LogP contribution in [0.2, 0.25) is 5.02 Å². The van der Waals surface area contributed by atoms with Crippen LogP contribution in [0.4, 0.5) is 24.8 Å². The highest BCUT2D eigenvalue weighted by atomic mass is 35.5. The molecule has 1 aromatic heterocycles. The van der Waals surface area contributed by atoms with Crippen LogP contribution < -0.4 is 24.8 Å². The molecule has 1 aromatic carbocycles. The molecule has 9 nitrogen and oxygen atoms in total. The summed E-state index contributed by atoms with van der Waals surface area (Å²) < 4.78 is 56.1. The molecule has 1 saturated carbocycles. The first-order valence-corrected chi connectivity index (χ1v) is 14.0. The number of nitrogens with one attached hydrogen (secondary N) is 3. The van der Waals surface area contributed by atoms with Gasteiger partial charge in [-0.1, -0.05) is 30.5 Å². The standard InChI is InChI=1S/C25H34ClF3N6O3S/c1-14-7-6-8-19(21(14)34-39-5)38-23-16(25(27,28)29)13-31-24(33-23)32-18-12-17(26)15(11-20(18)37-4)22(36)30-9-10-35(2)3/h11-14,19,21,34H,6-10H2,1-5H3,(H,30,36)(H,31,32,33)/t14-,19?,21-/m1/s1. The molecule has 14 heteroatoms. The molecule has 0 aliphatic heterocycles. The fraction of sp³-hybridized carbons (Fsp3) is 0.560. The van der Waals surface area contributed by atoms with Gasteiger partial charge in [-0.15, -0.1) is 0 Å². The average Bonchev–Trinajstić information content (AvgIpc) is 2.85. The molecule has 1 amide bonds. The summed E-state index contributed by atoms with van der Waals surface area (Å²) in [6.45, 7) is 3.10. The first-order valence-electron chi connectivity index (χ1n) is 12.4. The highest BCUT2D eigenvalue weighted by Crippen LogP contribution is 2.39. The summed E-state index contributed by atoms with van der Waals surface area (Å²) in [6, 6.07) is 2.74. The Hall–Kier alpha value is -2.48. The van der Waals surface area contributed by atoms with E-state index in [2.05, 4.69) is 25.3 Å². The van der Waals surface area contributed by atoms with Gasteiger partial charge in [0, 0.05) is 19.3 Å². The Morgan fingerprint density at radius 1 is 1.28 bits per heavy atom. The lowest BCUT2D eigenvalue weighted by molar-refractivity contribution is -0.140. The molecule has 3 N–H and O–H groups in total. The largest absolute Gasteiger partial charge is 0.495 e. The van der Waals surface area contributed by atoms with Crippen LogP contribution in [0.25, 0.3) is 0 Å². The van der Waals surface area contributed by atoms with Crippen molar-refractivity contribution < 1.29 is 27.4 Å². The SMILES string of the molecule is COc1cc(C(=O)NCCN(C)C)c(Cl)cc1Nc1ncc(C(F)(F)F)c(OC2CCC[C@@H](C)[C@H]2NSC)n1. The lowest BCUT2D eigenvalue weighted by Gasteiger charge is -2.36. The molecule has 2 aromatic rings. The van der Waals surface area contributed by atoms with Crippen LogP contribution in [0.1, 0.15) is 42.1 Å². The molecule has 1 heterocycles. The van der Waals surface area contributed by atoms with E-state index in [0.29, 0.717) is 25.7 Å². The third-order valence-corrected chi connectivity index (χ3v) is 7.18. The van der Waals surface area contributed by atoms with E-state index in [1.807, 2.05) is 32.2 Å². The number of hydrogen-bond donors (Lipinski definition) is 3. The molecule has 0 saturated heterocycles. The minimum atomic E-state index is -4.71. The number of likely N-dealkylation sites (N-methyl/N-ethyl adjacent to an activating group) is 1. The molecule has 0 bridgehead atoms. The van der Waals surface area contributed by atoms with Crippen LogP contribution in [0.15, 0.2) is 18.3 Å². The summed E-state index contributed by atoms with van der Waals surface area (Å²) in [5.74, 6) is -0.644. The molecule has 1 unspecified atom stereocenters. The van der Waals surface area contributed by atoms with Crippen molar-refractivity contribution in [3.8, 4) is 11.6 Å². The number of halogens is 4. The fourth-order valence-corrected chi connectivity index (χ4v) is 5.19. The highest BCUT2D eigenvalue weighted by Gasteiger charge is 2.39. The quantitative estimate of drug-likeness (QED) is 0.312. The van der Waals surface area contributed by atoms with Crippen molar-refractivity contribution >= 4 is 41.1 Å². The summed E-state index contributed by atoms with van der Waals surface area (Å²) in [7, 11) is 5.17. The molecular formula is C25H34ClF3N6O3S. The summed E-state index contributed by atoms with van der Waals surface area (Å²) in [5, 5.41) is 5.75. The zero-order valence-corrected chi connectivity index (χ0v) is 24.1. The lowest BCUT2D eigenvalue weighted by Crippen LogP contribution is -2.47. The molecule has 0 radical (unpaired) electrons. The van der Waals surface area contributed by atoms with Crippen molar-refractivity contribution in [1.82, 2.24) is 24.9 Å².